The minimum Gasteiger partial charge on any atom is -0.256 e. The minimum atomic E-state index is -1.41. The van der Waals surface area contributed by atoms with E-state index < -0.39 is 8.07 Å². The predicted molar refractivity (Wildman–Crippen MR) is 124 cm³/mol. The zero-order valence-electron chi connectivity index (χ0n) is 17.4. The van der Waals surface area contributed by atoms with Gasteiger partial charge in [0.05, 0.1) is 13.8 Å². The molecule has 0 saturated heterocycles. The first-order valence-corrected chi connectivity index (χ1v) is 14.2. The van der Waals surface area contributed by atoms with Crippen LogP contribution in [0.5, 0.6) is 0 Å². The summed E-state index contributed by atoms with van der Waals surface area (Å²) in [4.78, 5) is 4.97. The van der Waals surface area contributed by atoms with Crippen LogP contribution in [0, 0.1) is 5.92 Å². The number of hydrogen-bond donors (Lipinski definition) is 0. The van der Waals surface area contributed by atoms with Crippen LogP contribution >= 0.6 is 0 Å². The van der Waals surface area contributed by atoms with Crippen molar-refractivity contribution in [1.29, 1.82) is 0 Å². The lowest BCUT2D eigenvalue weighted by atomic mass is 9.94. The summed E-state index contributed by atoms with van der Waals surface area (Å²) in [7, 11) is -1.41. The molecule has 144 valence electrons. The van der Waals surface area contributed by atoms with E-state index in [-0.39, 0.29) is 0 Å². The summed E-state index contributed by atoms with van der Waals surface area (Å²) < 4.78 is 0. The third-order valence-corrected chi connectivity index (χ3v) is 8.14. The lowest BCUT2D eigenvalue weighted by Crippen LogP contribution is -2.41. The average Bonchev–Trinajstić information content (AvgIpc) is 3.21. The predicted octanol–water partition coefficient (Wildman–Crippen LogP) is 6.69. The summed E-state index contributed by atoms with van der Waals surface area (Å²) >= 11 is 0. The van der Waals surface area contributed by atoms with E-state index in [4.69, 9.17) is 4.98 Å². The number of benzene rings is 2. The van der Waals surface area contributed by atoms with Crippen LogP contribution in [0.25, 0.3) is 22.4 Å². The normalized spacial score (nSPS) is 15.1. The monoisotopic (exact) mass is 385 g/mol. The van der Waals surface area contributed by atoms with E-state index in [1.807, 2.05) is 0 Å². The average molecular weight is 386 g/mol. The SMILES string of the molecule is C[Si](C)(C)c1cnc(-c2ccccc2-c2ccccc2)cc1CC1CCCC1. The zero-order valence-corrected chi connectivity index (χ0v) is 18.4. The first-order valence-electron chi connectivity index (χ1n) is 10.7. The van der Waals surface area contributed by atoms with Crippen LogP contribution < -0.4 is 5.19 Å². The van der Waals surface area contributed by atoms with Crippen LogP contribution in [0.15, 0.2) is 66.9 Å². The van der Waals surface area contributed by atoms with Gasteiger partial charge in [0, 0.05) is 11.8 Å². The van der Waals surface area contributed by atoms with Crippen molar-refractivity contribution in [3.05, 3.63) is 72.4 Å². The summed E-state index contributed by atoms with van der Waals surface area (Å²) in [6.45, 7) is 7.33. The Hall–Kier alpha value is -2.19. The van der Waals surface area contributed by atoms with Gasteiger partial charge in [-0.1, -0.05) is 99.9 Å². The molecule has 1 aliphatic carbocycles. The fourth-order valence-electron chi connectivity index (χ4n) is 4.59. The van der Waals surface area contributed by atoms with Crippen LogP contribution in [0.4, 0.5) is 0 Å². The van der Waals surface area contributed by atoms with Gasteiger partial charge < -0.3 is 0 Å². The molecule has 1 heterocycles. The molecule has 0 atom stereocenters. The van der Waals surface area contributed by atoms with Gasteiger partial charge in [0.2, 0.25) is 0 Å². The van der Waals surface area contributed by atoms with Gasteiger partial charge in [-0.3, -0.25) is 4.98 Å². The summed E-state index contributed by atoms with van der Waals surface area (Å²) in [5.41, 5.74) is 6.44. The minimum absolute atomic E-state index is 0.856. The molecule has 1 nitrogen and oxygen atoms in total. The quantitative estimate of drug-likeness (QED) is 0.446. The summed E-state index contributed by atoms with van der Waals surface area (Å²) in [6, 6.07) is 21.8. The summed E-state index contributed by atoms with van der Waals surface area (Å²) in [5, 5.41) is 1.54. The molecule has 1 saturated carbocycles. The highest BCUT2D eigenvalue weighted by atomic mass is 28.3. The van der Waals surface area contributed by atoms with Crippen LogP contribution in [0.1, 0.15) is 31.2 Å². The molecule has 0 spiro atoms. The smallest absolute Gasteiger partial charge is 0.0799 e. The van der Waals surface area contributed by atoms with Gasteiger partial charge in [-0.05, 0) is 40.3 Å². The molecular weight excluding hydrogens is 354 g/mol. The Morgan fingerprint density at radius 1 is 0.857 bits per heavy atom. The highest BCUT2D eigenvalue weighted by Crippen LogP contribution is 2.33. The van der Waals surface area contributed by atoms with Gasteiger partial charge in [0.1, 0.15) is 0 Å². The second-order valence-electron chi connectivity index (χ2n) is 9.24. The van der Waals surface area contributed by atoms with Gasteiger partial charge in [0.25, 0.3) is 0 Å². The maximum absolute atomic E-state index is 4.97. The molecule has 0 amide bonds. The Morgan fingerprint density at radius 3 is 2.18 bits per heavy atom. The Labute approximate surface area is 170 Å². The molecule has 2 heteroatoms. The molecule has 4 rings (SSSR count). The van der Waals surface area contributed by atoms with Gasteiger partial charge >= 0.3 is 0 Å². The van der Waals surface area contributed by atoms with Crippen molar-refractivity contribution >= 4 is 13.3 Å². The van der Waals surface area contributed by atoms with Crippen LogP contribution in [0.3, 0.4) is 0 Å². The molecule has 1 aromatic heterocycles. The Morgan fingerprint density at radius 2 is 1.50 bits per heavy atom. The molecule has 1 fully saturated rings. The highest BCUT2D eigenvalue weighted by Gasteiger charge is 2.24. The van der Waals surface area contributed by atoms with Gasteiger partial charge in [-0.25, -0.2) is 0 Å². The Kier molecular flexibility index (Phi) is 5.50. The summed E-state index contributed by atoms with van der Waals surface area (Å²) in [5.74, 6) is 0.856. The van der Waals surface area contributed by atoms with E-state index in [9.17, 15) is 0 Å². The molecule has 0 unspecified atom stereocenters. The van der Waals surface area contributed by atoms with E-state index in [0.717, 1.165) is 11.6 Å². The van der Waals surface area contributed by atoms with Gasteiger partial charge in [-0.15, -0.1) is 0 Å². The van der Waals surface area contributed by atoms with E-state index in [1.54, 1.807) is 10.8 Å². The molecule has 28 heavy (non-hydrogen) atoms. The lowest BCUT2D eigenvalue weighted by Gasteiger charge is -2.23. The zero-order chi connectivity index (χ0) is 19.6. The third kappa shape index (κ3) is 4.12. The van der Waals surface area contributed by atoms with Crippen molar-refractivity contribution in [3.63, 3.8) is 0 Å². The van der Waals surface area contributed by atoms with E-state index in [0.29, 0.717) is 0 Å². The molecule has 3 aromatic rings. The van der Waals surface area contributed by atoms with Gasteiger partial charge in [0.15, 0.2) is 0 Å². The van der Waals surface area contributed by atoms with Crippen LogP contribution in [-0.4, -0.2) is 13.1 Å². The van der Waals surface area contributed by atoms with Crippen molar-refractivity contribution in [2.75, 3.05) is 0 Å². The van der Waals surface area contributed by atoms with E-state index >= 15 is 0 Å². The lowest BCUT2D eigenvalue weighted by molar-refractivity contribution is 0.547. The van der Waals surface area contributed by atoms with Crippen molar-refractivity contribution in [2.24, 2.45) is 5.92 Å². The second kappa shape index (κ2) is 8.04. The molecule has 2 aromatic carbocycles. The molecule has 1 aliphatic rings. The number of pyridine rings is 1. The standard InChI is InChI=1S/C26H31NSi/c1-28(2,3)26-19-27-25(18-22(26)17-20-11-7-8-12-20)24-16-10-9-15-23(24)21-13-5-4-6-14-21/h4-6,9-10,13-16,18-20H,7-8,11-12,17H2,1-3H3. The van der Waals surface area contributed by atoms with Crippen LogP contribution in [-0.2, 0) is 6.42 Å². The number of nitrogens with zero attached hydrogens (tertiary/aromatic N) is 1. The van der Waals surface area contributed by atoms with Crippen molar-refractivity contribution < 1.29 is 0 Å². The fraction of sp³-hybridized carbons (Fsp3) is 0.346. The maximum Gasteiger partial charge on any atom is 0.0799 e. The fourth-order valence-corrected chi connectivity index (χ4v) is 6.18. The van der Waals surface area contributed by atoms with Crippen LogP contribution in [0.2, 0.25) is 19.6 Å². The van der Waals surface area contributed by atoms with E-state index in [2.05, 4.69) is 86.5 Å². The third-order valence-electron chi connectivity index (χ3n) is 6.07. The maximum atomic E-state index is 4.97. The molecule has 0 radical (unpaired) electrons. The Bertz CT molecular complexity index is 934. The van der Waals surface area contributed by atoms with E-state index in [1.165, 1.54) is 48.8 Å². The number of aromatic nitrogens is 1. The molecular formula is C26H31NSi. The van der Waals surface area contributed by atoms with Gasteiger partial charge in [-0.2, -0.15) is 0 Å². The molecule has 0 N–H and O–H groups in total. The highest BCUT2D eigenvalue weighted by molar-refractivity contribution is 6.89. The first kappa shape index (κ1) is 19.1. The molecule has 0 bridgehead atoms. The van der Waals surface area contributed by atoms with Crippen molar-refractivity contribution in [1.82, 2.24) is 4.98 Å². The Balaban J connectivity index is 1.79. The number of hydrogen-bond acceptors (Lipinski definition) is 1. The number of rotatable bonds is 5. The van der Waals surface area contributed by atoms with Crippen molar-refractivity contribution in [3.8, 4) is 22.4 Å². The first-order chi connectivity index (χ1) is 13.5. The molecule has 0 aliphatic heterocycles. The summed E-state index contributed by atoms with van der Waals surface area (Å²) in [6.07, 6.45) is 9.02. The second-order valence-corrected chi connectivity index (χ2v) is 14.3. The topological polar surface area (TPSA) is 12.9 Å². The van der Waals surface area contributed by atoms with Crippen molar-refractivity contribution in [2.45, 2.75) is 51.7 Å². The largest absolute Gasteiger partial charge is 0.256 e.